The molecule has 2 aromatic rings. The fraction of sp³-hybridized carbons (Fsp3) is 0.250. The Balaban J connectivity index is 2.35. The third-order valence-electron chi connectivity index (χ3n) is 2.19. The predicted octanol–water partition coefficient (Wildman–Crippen LogP) is 3.62. The van der Waals surface area contributed by atoms with E-state index in [0.29, 0.717) is 18.7 Å². The van der Waals surface area contributed by atoms with Crippen LogP contribution in [-0.4, -0.2) is 9.97 Å². The van der Waals surface area contributed by atoms with Crippen LogP contribution in [0.3, 0.4) is 0 Å². The molecule has 0 saturated heterocycles. The average molecular weight is 264 g/mol. The van der Waals surface area contributed by atoms with E-state index < -0.39 is 0 Å². The number of nitriles is 1. The lowest BCUT2D eigenvalue weighted by atomic mass is 10.2. The van der Waals surface area contributed by atoms with Gasteiger partial charge in [-0.05, 0) is 25.1 Å². The lowest BCUT2D eigenvalue weighted by Crippen LogP contribution is -1.98. The third kappa shape index (κ3) is 3.02. The van der Waals surface area contributed by atoms with Crippen molar-refractivity contribution in [1.82, 2.24) is 9.97 Å². The molecule has 86 valence electrons. The highest BCUT2D eigenvalue weighted by atomic mass is 35.5. The van der Waals surface area contributed by atoms with Crippen LogP contribution in [-0.2, 0) is 6.42 Å². The standard InChI is InChI=1S/C12H10ClN3S/c1-8-7-9(10-4-5-11(13)17-10)16-12(15-8)3-2-6-14/h4-5,7H,2-3H2,1H3. The van der Waals surface area contributed by atoms with E-state index in [2.05, 4.69) is 16.0 Å². The summed E-state index contributed by atoms with van der Waals surface area (Å²) in [5, 5.41) is 8.57. The number of aryl methyl sites for hydroxylation is 2. The van der Waals surface area contributed by atoms with E-state index in [4.69, 9.17) is 16.9 Å². The van der Waals surface area contributed by atoms with Crippen LogP contribution in [0.15, 0.2) is 18.2 Å². The van der Waals surface area contributed by atoms with E-state index >= 15 is 0 Å². The maximum atomic E-state index is 8.57. The van der Waals surface area contributed by atoms with Gasteiger partial charge in [-0.2, -0.15) is 5.26 Å². The largest absolute Gasteiger partial charge is 0.238 e. The first kappa shape index (κ1) is 12.0. The van der Waals surface area contributed by atoms with Crippen LogP contribution in [0.25, 0.3) is 10.6 Å². The Morgan fingerprint density at radius 3 is 2.88 bits per heavy atom. The molecule has 2 heterocycles. The van der Waals surface area contributed by atoms with E-state index in [1.54, 1.807) is 0 Å². The minimum atomic E-state index is 0.439. The van der Waals surface area contributed by atoms with Crippen LogP contribution in [0.1, 0.15) is 17.9 Å². The summed E-state index contributed by atoms with van der Waals surface area (Å²) in [5.74, 6) is 0.714. The van der Waals surface area contributed by atoms with Crippen LogP contribution < -0.4 is 0 Å². The number of hydrogen-bond donors (Lipinski definition) is 0. The number of hydrogen-bond acceptors (Lipinski definition) is 4. The molecule has 0 atom stereocenters. The SMILES string of the molecule is Cc1cc(-c2ccc(Cl)s2)nc(CCC#N)n1. The van der Waals surface area contributed by atoms with E-state index in [-0.39, 0.29) is 0 Å². The zero-order valence-corrected chi connectivity index (χ0v) is 10.8. The number of thiophene rings is 1. The second-order valence-corrected chi connectivity index (χ2v) is 5.29. The summed E-state index contributed by atoms with van der Waals surface area (Å²) in [6, 6.07) is 7.83. The van der Waals surface area contributed by atoms with E-state index in [1.807, 2.05) is 25.1 Å². The molecule has 0 spiro atoms. The minimum Gasteiger partial charge on any atom is -0.238 e. The summed E-state index contributed by atoms with van der Waals surface area (Å²) in [6.07, 6.45) is 1.03. The summed E-state index contributed by atoms with van der Waals surface area (Å²) in [4.78, 5) is 9.78. The van der Waals surface area contributed by atoms with Crippen molar-refractivity contribution in [1.29, 1.82) is 5.26 Å². The maximum Gasteiger partial charge on any atom is 0.130 e. The first-order valence-electron chi connectivity index (χ1n) is 5.16. The van der Waals surface area contributed by atoms with Crippen molar-refractivity contribution in [2.24, 2.45) is 0 Å². The summed E-state index contributed by atoms with van der Waals surface area (Å²) in [7, 11) is 0. The summed E-state index contributed by atoms with van der Waals surface area (Å²) >= 11 is 7.40. The smallest absolute Gasteiger partial charge is 0.130 e. The average Bonchev–Trinajstić information content (AvgIpc) is 2.72. The second kappa shape index (κ2) is 5.26. The molecule has 0 saturated carbocycles. The number of nitrogens with zero attached hydrogens (tertiary/aromatic N) is 3. The molecule has 0 radical (unpaired) electrons. The molecule has 17 heavy (non-hydrogen) atoms. The van der Waals surface area contributed by atoms with Gasteiger partial charge in [0.05, 0.1) is 21.0 Å². The Kier molecular flexibility index (Phi) is 3.72. The maximum absolute atomic E-state index is 8.57. The van der Waals surface area contributed by atoms with Crippen LogP contribution in [0.5, 0.6) is 0 Å². The third-order valence-corrected chi connectivity index (χ3v) is 3.44. The first-order chi connectivity index (χ1) is 8.19. The zero-order chi connectivity index (χ0) is 12.3. The lowest BCUT2D eigenvalue weighted by Gasteiger charge is -2.02. The fourth-order valence-corrected chi connectivity index (χ4v) is 2.49. The van der Waals surface area contributed by atoms with E-state index in [9.17, 15) is 0 Å². The molecule has 3 nitrogen and oxygen atoms in total. The van der Waals surface area contributed by atoms with Crippen molar-refractivity contribution in [2.75, 3.05) is 0 Å². The van der Waals surface area contributed by atoms with Gasteiger partial charge in [-0.25, -0.2) is 9.97 Å². The number of rotatable bonds is 3. The molecule has 0 bridgehead atoms. The van der Waals surface area contributed by atoms with Gasteiger partial charge in [-0.15, -0.1) is 11.3 Å². The quantitative estimate of drug-likeness (QED) is 0.850. The van der Waals surface area contributed by atoms with Crippen LogP contribution >= 0.6 is 22.9 Å². The van der Waals surface area contributed by atoms with Crippen molar-refractivity contribution in [3.05, 3.63) is 34.1 Å². The van der Waals surface area contributed by atoms with Crippen LogP contribution in [0.4, 0.5) is 0 Å². The molecule has 0 aliphatic carbocycles. The van der Waals surface area contributed by atoms with Gasteiger partial charge in [-0.1, -0.05) is 11.6 Å². The molecule has 0 N–H and O–H groups in total. The summed E-state index contributed by atoms with van der Waals surface area (Å²) < 4.78 is 0.745. The second-order valence-electron chi connectivity index (χ2n) is 3.57. The van der Waals surface area contributed by atoms with Crippen molar-refractivity contribution >= 4 is 22.9 Å². The monoisotopic (exact) mass is 263 g/mol. The molecule has 2 aromatic heterocycles. The van der Waals surface area contributed by atoms with Gasteiger partial charge in [-0.3, -0.25) is 0 Å². The Hall–Kier alpha value is -1.44. The highest BCUT2D eigenvalue weighted by Gasteiger charge is 2.07. The topological polar surface area (TPSA) is 49.6 Å². The Morgan fingerprint density at radius 2 is 2.24 bits per heavy atom. The van der Waals surface area contributed by atoms with Gasteiger partial charge < -0.3 is 0 Å². The van der Waals surface area contributed by atoms with Crippen LogP contribution in [0, 0.1) is 18.3 Å². The number of halogens is 1. The van der Waals surface area contributed by atoms with Crippen molar-refractivity contribution in [3.63, 3.8) is 0 Å². The summed E-state index contributed by atoms with van der Waals surface area (Å²) in [5.41, 5.74) is 1.79. The van der Waals surface area contributed by atoms with Crippen LogP contribution in [0.2, 0.25) is 4.34 Å². The fourth-order valence-electron chi connectivity index (χ4n) is 1.49. The molecular weight excluding hydrogens is 254 g/mol. The Labute approximate surface area is 109 Å². The molecule has 0 aliphatic rings. The lowest BCUT2D eigenvalue weighted by molar-refractivity contribution is 0.873. The van der Waals surface area contributed by atoms with Gasteiger partial charge in [0.25, 0.3) is 0 Å². The first-order valence-corrected chi connectivity index (χ1v) is 6.35. The number of aromatic nitrogens is 2. The van der Waals surface area contributed by atoms with E-state index in [1.165, 1.54) is 11.3 Å². The molecular formula is C12H10ClN3S. The van der Waals surface area contributed by atoms with Gasteiger partial charge >= 0.3 is 0 Å². The molecule has 2 rings (SSSR count). The van der Waals surface area contributed by atoms with E-state index in [0.717, 1.165) is 20.6 Å². The Bertz CT molecular complexity index is 571. The summed E-state index contributed by atoms with van der Waals surface area (Å²) in [6.45, 7) is 1.93. The zero-order valence-electron chi connectivity index (χ0n) is 9.27. The molecule has 0 unspecified atom stereocenters. The highest BCUT2D eigenvalue weighted by Crippen LogP contribution is 2.30. The predicted molar refractivity (Wildman–Crippen MR) is 69.0 cm³/mol. The van der Waals surface area contributed by atoms with Crippen molar-refractivity contribution in [2.45, 2.75) is 19.8 Å². The van der Waals surface area contributed by atoms with Crippen molar-refractivity contribution < 1.29 is 0 Å². The van der Waals surface area contributed by atoms with Gasteiger partial charge in [0, 0.05) is 18.5 Å². The van der Waals surface area contributed by atoms with Gasteiger partial charge in [0.15, 0.2) is 0 Å². The molecule has 0 aromatic carbocycles. The molecule has 0 amide bonds. The molecule has 5 heteroatoms. The van der Waals surface area contributed by atoms with Gasteiger partial charge in [0.2, 0.25) is 0 Å². The van der Waals surface area contributed by atoms with Crippen molar-refractivity contribution in [3.8, 4) is 16.6 Å². The molecule has 0 fully saturated rings. The Morgan fingerprint density at radius 1 is 1.41 bits per heavy atom. The minimum absolute atomic E-state index is 0.439. The normalized spacial score (nSPS) is 10.2. The molecule has 0 aliphatic heterocycles. The highest BCUT2D eigenvalue weighted by molar-refractivity contribution is 7.19. The van der Waals surface area contributed by atoms with Gasteiger partial charge in [0.1, 0.15) is 5.82 Å².